The number of aliphatic imine (C=N–C) groups is 1. The third-order valence-corrected chi connectivity index (χ3v) is 6.32. The predicted molar refractivity (Wildman–Crippen MR) is 109 cm³/mol. The van der Waals surface area contributed by atoms with Crippen LogP contribution in [0.3, 0.4) is 0 Å². The van der Waals surface area contributed by atoms with E-state index in [0.717, 1.165) is 5.39 Å². The number of pyridine rings is 1. The number of H-pyrrole nitrogens is 1. The van der Waals surface area contributed by atoms with E-state index in [4.69, 9.17) is 11.6 Å². The van der Waals surface area contributed by atoms with Gasteiger partial charge in [-0.2, -0.15) is 0 Å². The highest BCUT2D eigenvalue weighted by Crippen LogP contribution is 2.33. The van der Waals surface area contributed by atoms with Gasteiger partial charge in [0, 0.05) is 37.0 Å². The molecule has 7 nitrogen and oxygen atoms in total. The first-order chi connectivity index (χ1) is 13.5. The molecule has 0 bridgehead atoms. The SMILES string of the molecule is O=S(=O)(Nc1cccc2c(Cl)c[nH]c12)c1ccc(C2(CCO)C=CC=N2)nc1. The van der Waals surface area contributed by atoms with Gasteiger partial charge in [0.05, 0.1) is 21.9 Å². The van der Waals surface area contributed by atoms with Gasteiger partial charge in [-0.3, -0.25) is 14.7 Å². The van der Waals surface area contributed by atoms with Gasteiger partial charge in [0.15, 0.2) is 0 Å². The Kier molecular flexibility index (Phi) is 4.70. The topological polar surface area (TPSA) is 107 Å². The molecular formula is C19H17ClN4O3S. The summed E-state index contributed by atoms with van der Waals surface area (Å²) in [5, 5.41) is 10.6. The Bertz CT molecular complexity index is 1170. The van der Waals surface area contributed by atoms with Crippen molar-refractivity contribution in [3.05, 3.63) is 65.6 Å². The maximum absolute atomic E-state index is 12.8. The zero-order valence-corrected chi connectivity index (χ0v) is 16.2. The van der Waals surface area contributed by atoms with Gasteiger partial charge in [0.1, 0.15) is 10.4 Å². The summed E-state index contributed by atoms with van der Waals surface area (Å²) in [6.45, 7) is -0.0618. The van der Waals surface area contributed by atoms with Crippen LogP contribution in [-0.4, -0.2) is 36.3 Å². The average Bonchev–Trinajstić information content (AvgIpc) is 3.31. The lowest BCUT2D eigenvalue weighted by Gasteiger charge is -2.22. The van der Waals surface area contributed by atoms with Gasteiger partial charge in [-0.25, -0.2) is 8.42 Å². The van der Waals surface area contributed by atoms with E-state index >= 15 is 0 Å². The van der Waals surface area contributed by atoms with Crippen LogP contribution in [0.5, 0.6) is 0 Å². The fourth-order valence-electron chi connectivity index (χ4n) is 3.22. The van der Waals surface area contributed by atoms with E-state index in [1.165, 1.54) is 12.3 Å². The first-order valence-electron chi connectivity index (χ1n) is 8.54. The number of sulfonamides is 1. The Hall–Kier alpha value is -2.68. The molecule has 0 saturated carbocycles. The first kappa shape index (κ1) is 18.7. The summed E-state index contributed by atoms with van der Waals surface area (Å²) in [5.41, 5.74) is 0.821. The minimum absolute atomic E-state index is 0.0241. The van der Waals surface area contributed by atoms with Crippen LogP contribution in [0, 0.1) is 0 Å². The maximum Gasteiger partial charge on any atom is 0.263 e. The number of para-hydroxylation sites is 1. The Morgan fingerprint density at radius 1 is 1.25 bits per heavy atom. The molecule has 0 aliphatic carbocycles. The molecule has 28 heavy (non-hydrogen) atoms. The van der Waals surface area contributed by atoms with Crippen molar-refractivity contribution in [2.24, 2.45) is 4.99 Å². The zero-order chi connectivity index (χ0) is 19.8. The van der Waals surface area contributed by atoms with Crippen molar-refractivity contribution in [3.8, 4) is 0 Å². The molecule has 3 N–H and O–H groups in total. The van der Waals surface area contributed by atoms with Crippen molar-refractivity contribution in [1.82, 2.24) is 9.97 Å². The number of halogens is 1. The van der Waals surface area contributed by atoms with Crippen LogP contribution in [0.2, 0.25) is 5.02 Å². The smallest absolute Gasteiger partial charge is 0.263 e. The van der Waals surface area contributed by atoms with Crippen LogP contribution in [0.4, 0.5) is 5.69 Å². The summed E-state index contributed by atoms with van der Waals surface area (Å²) in [5.74, 6) is 0. The number of nitrogens with zero attached hydrogens (tertiary/aromatic N) is 2. The van der Waals surface area contributed by atoms with Gasteiger partial charge in [-0.1, -0.05) is 23.7 Å². The van der Waals surface area contributed by atoms with E-state index < -0.39 is 15.6 Å². The van der Waals surface area contributed by atoms with Crippen molar-refractivity contribution < 1.29 is 13.5 Å². The molecule has 1 aliphatic heterocycles. The summed E-state index contributed by atoms with van der Waals surface area (Å²) in [4.78, 5) is 11.7. The summed E-state index contributed by atoms with van der Waals surface area (Å²) in [6.07, 6.45) is 8.54. The summed E-state index contributed by atoms with van der Waals surface area (Å²) in [7, 11) is -3.85. The summed E-state index contributed by atoms with van der Waals surface area (Å²) < 4.78 is 28.2. The number of hydrogen-bond donors (Lipinski definition) is 3. The van der Waals surface area contributed by atoms with Crippen LogP contribution in [0.15, 0.2) is 64.8 Å². The van der Waals surface area contributed by atoms with E-state index in [2.05, 4.69) is 19.7 Å². The molecule has 0 radical (unpaired) electrons. The van der Waals surface area contributed by atoms with Crippen molar-refractivity contribution in [1.29, 1.82) is 0 Å². The largest absolute Gasteiger partial charge is 0.396 e. The summed E-state index contributed by atoms with van der Waals surface area (Å²) >= 11 is 6.10. The minimum atomic E-state index is -3.85. The van der Waals surface area contributed by atoms with Crippen molar-refractivity contribution in [3.63, 3.8) is 0 Å². The third kappa shape index (κ3) is 3.19. The zero-order valence-electron chi connectivity index (χ0n) is 14.6. The van der Waals surface area contributed by atoms with Crippen LogP contribution >= 0.6 is 11.6 Å². The molecule has 1 atom stereocenters. The molecule has 144 valence electrons. The number of fused-ring (bicyclic) bond motifs is 1. The van der Waals surface area contributed by atoms with Gasteiger partial charge in [0.2, 0.25) is 0 Å². The van der Waals surface area contributed by atoms with Gasteiger partial charge in [0.25, 0.3) is 10.0 Å². The molecular weight excluding hydrogens is 400 g/mol. The molecule has 9 heteroatoms. The second kappa shape index (κ2) is 7.05. The van der Waals surface area contributed by atoms with E-state index in [1.54, 1.807) is 42.8 Å². The minimum Gasteiger partial charge on any atom is -0.396 e. The number of hydrogen-bond acceptors (Lipinski definition) is 5. The van der Waals surface area contributed by atoms with E-state index in [9.17, 15) is 13.5 Å². The van der Waals surface area contributed by atoms with Crippen LogP contribution in [-0.2, 0) is 15.6 Å². The van der Waals surface area contributed by atoms with Crippen molar-refractivity contribution in [2.45, 2.75) is 16.9 Å². The molecule has 3 aromatic rings. The number of benzene rings is 1. The molecule has 1 aliphatic rings. The van der Waals surface area contributed by atoms with Crippen LogP contribution in [0.25, 0.3) is 10.9 Å². The van der Waals surface area contributed by atoms with Crippen LogP contribution < -0.4 is 4.72 Å². The van der Waals surface area contributed by atoms with E-state index in [-0.39, 0.29) is 11.5 Å². The Morgan fingerprint density at radius 3 is 2.79 bits per heavy atom. The number of aromatic amines is 1. The second-order valence-electron chi connectivity index (χ2n) is 6.38. The molecule has 4 rings (SSSR count). The number of aromatic nitrogens is 2. The highest BCUT2D eigenvalue weighted by atomic mass is 35.5. The predicted octanol–water partition coefficient (Wildman–Crippen LogP) is 3.24. The number of allylic oxidation sites excluding steroid dienone is 1. The Morgan fingerprint density at radius 2 is 2.11 bits per heavy atom. The maximum atomic E-state index is 12.8. The fourth-order valence-corrected chi connectivity index (χ4v) is 4.45. The number of aliphatic hydroxyl groups is 1. The first-order valence-corrected chi connectivity index (χ1v) is 10.4. The summed E-state index contributed by atoms with van der Waals surface area (Å²) in [6, 6.07) is 8.28. The monoisotopic (exact) mass is 416 g/mol. The van der Waals surface area contributed by atoms with Crippen molar-refractivity contribution >= 4 is 44.4 Å². The van der Waals surface area contributed by atoms with Gasteiger partial charge in [-0.15, -0.1) is 0 Å². The number of nitrogens with one attached hydrogen (secondary N) is 2. The lowest BCUT2D eigenvalue weighted by molar-refractivity contribution is 0.258. The molecule has 3 heterocycles. The molecule has 0 spiro atoms. The van der Waals surface area contributed by atoms with Crippen LogP contribution in [0.1, 0.15) is 12.1 Å². The lowest BCUT2D eigenvalue weighted by Crippen LogP contribution is -2.23. The number of rotatable bonds is 6. The molecule has 1 aromatic carbocycles. The lowest BCUT2D eigenvalue weighted by atomic mass is 9.92. The van der Waals surface area contributed by atoms with Gasteiger partial charge < -0.3 is 10.1 Å². The van der Waals surface area contributed by atoms with Crippen molar-refractivity contribution in [2.75, 3.05) is 11.3 Å². The molecule has 0 fully saturated rings. The van der Waals surface area contributed by atoms with Gasteiger partial charge in [-0.05, 0) is 30.4 Å². The highest BCUT2D eigenvalue weighted by molar-refractivity contribution is 7.92. The normalized spacial score (nSPS) is 18.8. The molecule has 0 saturated heterocycles. The molecule has 0 amide bonds. The standard InChI is InChI=1S/C19H17ClN4O3S/c20-15-12-22-18-14(15)3-1-4-16(18)24-28(26,27)13-5-6-17(21-11-13)19(8-10-25)7-2-9-23-19/h1-7,9,11-12,22,24-25H,8,10H2. The van der Waals surface area contributed by atoms with Gasteiger partial charge >= 0.3 is 0 Å². The quantitative estimate of drug-likeness (QED) is 0.573. The third-order valence-electron chi connectivity index (χ3n) is 4.66. The second-order valence-corrected chi connectivity index (χ2v) is 8.47. The number of anilines is 1. The van der Waals surface area contributed by atoms with E-state index in [0.29, 0.717) is 28.3 Å². The van der Waals surface area contributed by atoms with E-state index in [1.807, 2.05) is 6.08 Å². The molecule has 1 unspecified atom stereocenters. The number of aliphatic hydroxyl groups excluding tert-OH is 1. The highest BCUT2D eigenvalue weighted by Gasteiger charge is 2.31. The Labute approximate surface area is 166 Å². The molecule has 2 aromatic heterocycles. The Balaban J connectivity index is 1.65. The average molecular weight is 417 g/mol. The fraction of sp³-hybridized carbons (Fsp3) is 0.158.